The number of rotatable bonds is 5. The van der Waals surface area contributed by atoms with E-state index in [1.165, 1.54) is 11.8 Å². The number of carbonyl (C=O) groups excluding carboxylic acids is 1. The van der Waals surface area contributed by atoms with Crippen LogP contribution in [-0.2, 0) is 4.79 Å². The number of nitrogens with zero attached hydrogens (tertiary/aromatic N) is 1. The maximum absolute atomic E-state index is 12.6. The fraction of sp³-hybridized carbons (Fsp3) is 0.353. The van der Waals surface area contributed by atoms with Gasteiger partial charge in [0.2, 0.25) is 5.91 Å². The quantitative estimate of drug-likeness (QED) is 0.630. The van der Waals surface area contributed by atoms with E-state index in [4.69, 9.17) is 0 Å². The molecule has 3 rings (SSSR count). The molecule has 2 aromatic rings. The maximum atomic E-state index is 12.6. The normalized spacial score (nSPS) is 16.6. The van der Waals surface area contributed by atoms with Crippen molar-refractivity contribution in [1.29, 1.82) is 0 Å². The summed E-state index contributed by atoms with van der Waals surface area (Å²) < 4.78 is 0. The van der Waals surface area contributed by atoms with E-state index < -0.39 is 0 Å². The molecule has 1 aliphatic rings. The van der Waals surface area contributed by atoms with Crippen molar-refractivity contribution in [1.82, 2.24) is 9.97 Å². The molecule has 24 heavy (non-hydrogen) atoms. The fourth-order valence-electron chi connectivity index (χ4n) is 2.74. The van der Waals surface area contributed by atoms with Gasteiger partial charge in [0.05, 0.1) is 5.56 Å². The molecule has 0 aliphatic carbocycles. The zero-order chi connectivity index (χ0) is 17.1. The van der Waals surface area contributed by atoms with Gasteiger partial charge in [0.25, 0.3) is 5.56 Å². The third-order valence-electron chi connectivity index (χ3n) is 3.89. The van der Waals surface area contributed by atoms with Crippen LogP contribution in [0.4, 0.5) is 5.82 Å². The molecule has 1 aromatic carbocycles. The first-order chi connectivity index (χ1) is 11.6. The molecule has 1 aliphatic heterocycles. The van der Waals surface area contributed by atoms with E-state index in [2.05, 4.69) is 22.2 Å². The lowest BCUT2D eigenvalue weighted by Crippen LogP contribution is -2.31. The van der Waals surface area contributed by atoms with Crippen molar-refractivity contribution in [2.24, 2.45) is 0 Å². The van der Waals surface area contributed by atoms with Gasteiger partial charge in [-0.1, -0.05) is 30.8 Å². The predicted molar refractivity (Wildman–Crippen MR) is 99.2 cm³/mol. The molecule has 1 aromatic heterocycles. The van der Waals surface area contributed by atoms with Crippen molar-refractivity contribution in [2.75, 3.05) is 17.3 Å². The molecule has 0 fully saturated rings. The standard InChI is InChI=1S/C17H19N3O2S2/c1-3-8-24-17-19-15-14(16(22)20-17)12(9-13(21)18-15)10-4-6-11(23-2)7-5-10/h4-7,12H,3,8-9H2,1-2H3,(H2,18,19,20,21,22)/t12-/m0/s1. The second-order valence-electron chi connectivity index (χ2n) is 5.56. The Labute approximate surface area is 149 Å². The average Bonchev–Trinajstić information content (AvgIpc) is 2.59. The molecular formula is C17H19N3O2S2. The summed E-state index contributed by atoms with van der Waals surface area (Å²) >= 11 is 3.15. The SMILES string of the molecule is CCCSc1nc2c(c(=O)[nH]1)[C@H](c1ccc(SC)cc1)CC(=O)N2. The van der Waals surface area contributed by atoms with Gasteiger partial charge >= 0.3 is 0 Å². The third kappa shape index (κ3) is 3.52. The predicted octanol–water partition coefficient (Wildman–Crippen LogP) is 3.47. The van der Waals surface area contributed by atoms with Crippen LogP contribution in [-0.4, -0.2) is 27.9 Å². The summed E-state index contributed by atoms with van der Waals surface area (Å²) in [6.07, 6.45) is 3.27. The van der Waals surface area contributed by atoms with Crippen LogP contribution in [0, 0.1) is 0 Å². The largest absolute Gasteiger partial charge is 0.310 e. The topological polar surface area (TPSA) is 74.8 Å². The number of nitrogens with one attached hydrogen (secondary N) is 2. The lowest BCUT2D eigenvalue weighted by Gasteiger charge is -2.24. The van der Waals surface area contributed by atoms with Crippen LogP contribution in [0.2, 0.25) is 0 Å². The van der Waals surface area contributed by atoms with Crippen LogP contribution in [0.3, 0.4) is 0 Å². The minimum atomic E-state index is -0.258. The zero-order valence-corrected chi connectivity index (χ0v) is 15.2. The van der Waals surface area contributed by atoms with Gasteiger partial charge < -0.3 is 10.3 Å². The van der Waals surface area contributed by atoms with Gasteiger partial charge in [-0.3, -0.25) is 9.59 Å². The van der Waals surface area contributed by atoms with Crippen LogP contribution >= 0.6 is 23.5 Å². The Morgan fingerprint density at radius 2 is 2.00 bits per heavy atom. The van der Waals surface area contributed by atoms with Crippen LogP contribution in [0.5, 0.6) is 0 Å². The van der Waals surface area contributed by atoms with E-state index in [1.54, 1.807) is 11.8 Å². The Hall–Kier alpha value is -1.73. The van der Waals surface area contributed by atoms with Crippen LogP contribution in [0.15, 0.2) is 39.1 Å². The smallest absolute Gasteiger partial charge is 0.257 e. The summed E-state index contributed by atoms with van der Waals surface area (Å²) in [5.74, 6) is 0.902. The summed E-state index contributed by atoms with van der Waals surface area (Å²) in [4.78, 5) is 33.1. The van der Waals surface area contributed by atoms with Gasteiger partial charge in [0.1, 0.15) is 5.82 Å². The molecule has 0 saturated heterocycles. The zero-order valence-electron chi connectivity index (χ0n) is 13.6. The van der Waals surface area contributed by atoms with Crippen molar-refractivity contribution in [3.05, 3.63) is 45.7 Å². The number of H-pyrrole nitrogens is 1. The number of hydrogen-bond donors (Lipinski definition) is 2. The number of amides is 1. The highest BCUT2D eigenvalue weighted by Gasteiger charge is 2.30. The minimum Gasteiger partial charge on any atom is -0.310 e. The number of anilines is 1. The van der Waals surface area contributed by atoms with Crippen molar-refractivity contribution < 1.29 is 4.79 Å². The van der Waals surface area contributed by atoms with E-state index in [-0.39, 0.29) is 23.8 Å². The van der Waals surface area contributed by atoms with E-state index >= 15 is 0 Å². The van der Waals surface area contributed by atoms with Gasteiger partial charge in [-0.15, -0.1) is 11.8 Å². The summed E-state index contributed by atoms with van der Waals surface area (Å²) in [6.45, 7) is 2.07. The minimum absolute atomic E-state index is 0.106. The molecule has 0 unspecified atom stereocenters. The highest BCUT2D eigenvalue weighted by molar-refractivity contribution is 7.99. The Kier molecular flexibility index (Phi) is 5.30. The van der Waals surface area contributed by atoms with Crippen LogP contribution in [0.25, 0.3) is 0 Å². The van der Waals surface area contributed by atoms with Crippen molar-refractivity contribution >= 4 is 35.2 Å². The first-order valence-corrected chi connectivity index (χ1v) is 10.0. The maximum Gasteiger partial charge on any atom is 0.257 e. The fourth-order valence-corrected chi connectivity index (χ4v) is 3.87. The highest BCUT2D eigenvalue weighted by atomic mass is 32.2. The molecule has 2 heterocycles. The Balaban J connectivity index is 2.02. The number of thioether (sulfide) groups is 2. The summed E-state index contributed by atoms with van der Waals surface area (Å²) in [7, 11) is 0. The summed E-state index contributed by atoms with van der Waals surface area (Å²) in [6, 6.07) is 7.99. The van der Waals surface area contributed by atoms with Gasteiger partial charge in [0, 0.05) is 23.0 Å². The van der Waals surface area contributed by atoms with Crippen LogP contribution < -0.4 is 10.9 Å². The van der Waals surface area contributed by atoms with Gasteiger partial charge in [-0.2, -0.15) is 0 Å². The number of aromatic amines is 1. The molecule has 7 heteroatoms. The van der Waals surface area contributed by atoms with E-state index in [0.717, 1.165) is 22.6 Å². The second kappa shape index (κ2) is 7.44. The molecule has 0 radical (unpaired) electrons. The first-order valence-electron chi connectivity index (χ1n) is 7.83. The van der Waals surface area contributed by atoms with Crippen molar-refractivity contribution in [3.8, 4) is 0 Å². The average molecular weight is 361 g/mol. The van der Waals surface area contributed by atoms with E-state index in [1.807, 2.05) is 30.5 Å². The Morgan fingerprint density at radius 3 is 2.67 bits per heavy atom. The second-order valence-corrected chi connectivity index (χ2v) is 7.52. The summed E-state index contributed by atoms with van der Waals surface area (Å²) in [5, 5.41) is 3.31. The van der Waals surface area contributed by atoms with Gasteiger partial charge in [-0.05, 0) is 30.4 Å². The number of aromatic nitrogens is 2. The van der Waals surface area contributed by atoms with Crippen molar-refractivity contribution in [3.63, 3.8) is 0 Å². The molecule has 126 valence electrons. The lowest BCUT2D eigenvalue weighted by atomic mass is 9.87. The molecule has 1 amide bonds. The Bertz CT molecular complexity index is 802. The van der Waals surface area contributed by atoms with Gasteiger partial charge in [-0.25, -0.2) is 4.98 Å². The number of benzene rings is 1. The lowest BCUT2D eigenvalue weighted by molar-refractivity contribution is -0.116. The monoisotopic (exact) mass is 361 g/mol. The number of carbonyl (C=O) groups is 1. The van der Waals surface area contributed by atoms with Gasteiger partial charge in [0.15, 0.2) is 5.16 Å². The van der Waals surface area contributed by atoms with E-state index in [0.29, 0.717) is 16.5 Å². The highest BCUT2D eigenvalue weighted by Crippen LogP contribution is 2.35. The molecule has 0 bridgehead atoms. The molecule has 0 saturated carbocycles. The first kappa shape index (κ1) is 17.1. The number of fused-ring (bicyclic) bond motifs is 1. The Morgan fingerprint density at radius 1 is 1.25 bits per heavy atom. The summed E-state index contributed by atoms with van der Waals surface area (Å²) in [5.41, 5.74) is 1.34. The van der Waals surface area contributed by atoms with Crippen LogP contribution in [0.1, 0.15) is 36.8 Å². The molecular weight excluding hydrogens is 342 g/mol. The van der Waals surface area contributed by atoms with Crippen molar-refractivity contribution in [2.45, 2.75) is 35.7 Å². The molecule has 0 spiro atoms. The third-order valence-corrected chi connectivity index (χ3v) is 5.71. The number of hydrogen-bond acceptors (Lipinski definition) is 5. The molecule has 5 nitrogen and oxygen atoms in total. The molecule has 2 N–H and O–H groups in total. The van der Waals surface area contributed by atoms with E-state index in [9.17, 15) is 9.59 Å². The molecule has 1 atom stereocenters.